The molecule has 2 aliphatic heterocycles. The van der Waals surface area contributed by atoms with Crippen LogP contribution in [-0.2, 0) is 16.0 Å². The molecule has 0 aromatic heterocycles. The average Bonchev–Trinajstić information content (AvgIpc) is 3.28. The van der Waals surface area contributed by atoms with Gasteiger partial charge in [0.15, 0.2) is 0 Å². The Bertz CT molecular complexity index is 1080. The number of carbonyl (C=O) groups excluding carboxylic acids is 2. The zero-order chi connectivity index (χ0) is 24.4. The van der Waals surface area contributed by atoms with E-state index >= 15 is 4.39 Å². The SMILES string of the molecule is CN(C)C1CCN(c2ccc(N3CCC[C@@H](CC(=O)Cc4ccc(Cl)cc4F)C3=O)c(F)c2)C1. The molecule has 2 aromatic rings. The van der Waals surface area contributed by atoms with Crippen LogP contribution in [0.3, 0.4) is 0 Å². The van der Waals surface area contributed by atoms with Gasteiger partial charge in [-0.3, -0.25) is 9.59 Å². The van der Waals surface area contributed by atoms with Crippen molar-refractivity contribution in [2.45, 2.75) is 38.1 Å². The van der Waals surface area contributed by atoms with E-state index in [4.69, 9.17) is 11.6 Å². The van der Waals surface area contributed by atoms with Gasteiger partial charge in [0.2, 0.25) is 5.91 Å². The number of nitrogens with zero attached hydrogens (tertiary/aromatic N) is 3. The molecule has 0 radical (unpaired) electrons. The second-order valence-corrected chi connectivity index (χ2v) is 9.91. The van der Waals surface area contributed by atoms with Gasteiger partial charge in [0.05, 0.1) is 5.69 Å². The van der Waals surface area contributed by atoms with Crippen LogP contribution in [0.4, 0.5) is 20.2 Å². The summed E-state index contributed by atoms with van der Waals surface area (Å²) >= 11 is 5.77. The predicted octanol–water partition coefficient (Wildman–Crippen LogP) is 4.70. The number of likely N-dealkylation sites (N-methyl/N-ethyl adjacent to an activating group) is 1. The van der Waals surface area contributed by atoms with Crippen molar-refractivity contribution in [3.63, 3.8) is 0 Å². The molecule has 0 N–H and O–H groups in total. The molecule has 2 aliphatic rings. The number of hydrogen-bond donors (Lipinski definition) is 0. The molecule has 0 spiro atoms. The fraction of sp³-hybridized carbons (Fsp3) is 0.462. The van der Waals surface area contributed by atoms with Crippen LogP contribution in [0.15, 0.2) is 36.4 Å². The van der Waals surface area contributed by atoms with Crippen LogP contribution >= 0.6 is 11.6 Å². The molecule has 4 rings (SSSR count). The number of piperidine rings is 1. The highest BCUT2D eigenvalue weighted by Crippen LogP contribution is 2.32. The second kappa shape index (κ2) is 10.4. The number of ketones is 1. The smallest absolute Gasteiger partial charge is 0.230 e. The number of carbonyl (C=O) groups is 2. The fourth-order valence-corrected chi connectivity index (χ4v) is 5.07. The maximum absolute atomic E-state index is 15.1. The van der Waals surface area contributed by atoms with E-state index in [2.05, 4.69) is 9.80 Å². The quantitative estimate of drug-likeness (QED) is 0.565. The van der Waals surface area contributed by atoms with Crippen molar-refractivity contribution < 1.29 is 18.4 Å². The molecule has 182 valence electrons. The third-order valence-corrected chi connectivity index (χ3v) is 7.14. The van der Waals surface area contributed by atoms with Gasteiger partial charge < -0.3 is 14.7 Å². The first-order valence-corrected chi connectivity index (χ1v) is 12.1. The number of Topliss-reactive ketones (excluding diaryl/α,β-unsaturated/α-hetero) is 1. The van der Waals surface area contributed by atoms with Crippen LogP contribution in [0.2, 0.25) is 5.02 Å². The first kappa shape index (κ1) is 24.6. The Kier molecular flexibility index (Phi) is 7.53. The zero-order valence-corrected chi connectivity index (χ0v) is 20.3. The van der Waals surface area contributed by atoms with E-state index < -0.39 is 17.6 Å². The molecular weight excluding hydrogens is 460 g/mol. The largest absolute Gasteiger partial charge is 0.370 e. The summed E-state index contributed by atoms with van der Waals surface area (Å²) in [6, 6.07) is 9.66. The van der Waals surface area contributed by atoms with Gasteiger partial charge in [-0.15, -0.1) is 0 Å². The lowest BCUT2D eigenvalue weighted by Gasteiger charge is -2.32. The predicted molar refractivity (Wildman–Crippen MR) is 131 cm³/mol. The van der Waals surface area contributed by atoms with E-state index in [0.29, 0.717) is 25.4 Å². The van der Waals surface area contributed by atoms with Crippen LogP contribution < -0.4 is 9.80 Å². The van der Waals surface area contributed by atoms with Gasteiger partial charge in [0.1, 0.15) is 17.4 Å². The molecule has 0 bridgehead atoms. The van der Waals surface area contributed by atoms with Crippen LogP contribution in [0.1, 0.15) is 31.2 Å². The van der Waals surface area contributed by atoms with E-state index in [1.165, 1.54) is 29.2 Å². The maximum atomic E-state index is 15.1. The molecule has 1 unspecified atom stereocenters. The molecule has 0 saturated carbocycles. The Morgan fingerprint density at radius 1 is 1.09 bits per heavy atom. The Morgan fingerprint density at radius 2 is 1.88 bits per heavy atom. The summed E-state index contributed by atoms with van der Waals surface area (Å²) in [6.07, 6.45) is 2.17. The molecule has 8 heteroatoms. The van der Waals surface area contributed by atoms with Gasteiger partial charge >= 0.3 is 0 Å². The van der Waals surface area contributed by atoms with Crippen LogP contribution in [-0.4, -0.2) is 56.4 Å². The van der Waals surface area contributed by atoms with Gasteiger partial charge in [-0.2, -0.15) is 0 Å². The van der Waals surface area contributed by atoms with Crippen molar-refractivity contribution in [3.05, 3.63) is 58.6 Å². The lowest BCUT2D eigenvalue weighted by atomic mass is 9.90. The topological polar surface area (TPSA) is 43.9 Å². The first-order chi connectivity index (χ1) is 16.2. The number of hydrogen-bond acceptors (Lipinski definition) is 4. The van der Waals surface area contributed by atoms with Gasteiger partial charge in [-0.1, -0.05) is 17.7 Å². The minimum Gasteiger partial charge on any atom is -0.370 e. The van der Waals surface area contributed by atoms with E-state index in [1.807, 2.05) is 20.2 Å². The minimum atomic E-state index is -0.533. The Labute approximate surface area is 204 Å². The second-order valence-electron chi connectivity index (χ2n) is 9.47. The third-order valence-electron chi connectivity index (χ3n) is 6.91. The lowest BCUT2D eigenvalue weighted by molar-refractivity contribution is -0.128. The number of amides is 1. The minimum absolute atomic E-state index is 0.0107. The molecule has 5 nitrogen and oxygen atoms in total. The molecular formula is C26H30ClF2N3O2. The van der Waals surface area contributed by atoms with Gasteiger partial charge in [0.25, 0.3) is 0 Å². The van der Waals surface area contributed by atoms with Crippen molar-refractivity contribution in [2.24, 2.45) is 5.92 Å². The molecule has 1 amide bonds. The highest BCUT2D eigenvalue weighted by Gasteiger charge is 2.33. The molecule has 2 saturated heterocycles. The fourth-order valence-electron chi connectivity index (χ4n) is 4.91. The number of anilines is 2. The van der Waals surface area contributed by atoms with Gasteiger partial charge in [-0.25, -0.2) is 8.78 Å². The van der Waals surface area contributed by atoms with Crippen molar-refractivity contribution in [1.82, 2.24) is 4.90 Å². The van der Waals surface area contributed by atoms with Crippen molar-refractivity contribution in [3.8, 4) is 0 Å². The Hall–Kier alpha value is -2.51. The monoisotopic (exact) mass is 489 g/mol. The molecule has 34 heavy (non-hydrogen) atoms. The molecule has 2 heterocycles. The van der Waals surface area contributed by atoms with E-state index in [1.54, 1.807) is 6.07 Å². The van der Waals surface area contributed by atoms with Crippen LogP contribution in [0.5, 0.6) is 0 Å². The number of halogens is 3. The van der Waals surface area contributed by atoms with Crippen molar-refractivity contribution >= 4 is 34.7 Å². The van der Waals surface area contributed by atoms with Crippen molar-refractivity contribution in [2.75, 3.05) is 43.5 Å². The highest BCUT2D eigenvalue weighted by molar-refractivity contribution is 6.30. The van der Waals surface area contributed by atoms with Crippen LogP contribution in [0.25, 0.3) is 0 Å². The molecule has 0 aliphatic carbocycles. The summed E-state index contributed by atoms with van der Waals surface area (Å²) in [5, 5.41) is 0.266. The lowest BCUT2D eigenvalue weighted by Crippen LogP contribution is -2.42. The summed E-state index contributed by atoms with van der Waals surface area (Å²) < 4.78 is 29.2. The number of rotatable bonds is 7. The summed E-state index contributed by atoms with van der Waals surface area (Å²) in [4.78, 5) is 31.5. The van der Waals surface area contributed by atoms with Gasteiger partial charge in [0, 0.05) is 55.1 Å². The van der Waals surface area contributed by atoms with E-state index in [-0.39, 0.29) is 40.8 Å². The number of benzene rings is 2. The summed E-state index contributed by atoms with van der Waals surface area (Å²) in [5.41, 5.74) is 1.32. The van der Waals surface area contributed by atoms with Crippen molar-refractivity contribution in [1.29, 1.82) is 0 Å². The standard InChI is InChI=1S/C26H30ClF2N3O2/c1-30(2)21-9-11-31(16-21)20-7-8-25(24(29)15-20)32-10-3-4-18(26(32)34)13-22(33)12-17-5-6-19(27)14-23(17)28/h5-8,14-15,18,21H,3-4,9-13,16H2,1-2H3/t18-,21?/m0/s1. The van der Waals surface area contributed by atoms with Gasteiger partial charge in [-0.05, 0) is 69.3 Å². The molecule has 2 atom stereocenters. The third kappa shape index (κ3) is 5.41. The Morgan fingerprint density at radius 3 is 2.56 bits per heavy atom. The average molecular weight is 490 g/mol. The normalized spacial score (nSPS) is 20.9. The summed E-state index contributed by atoms with van der Waals surface area (Å²) in [6.45, 7) is 2.12. The van der Waals surface area contributed by atoms with E-state index in [9.17, 15) is 14.0 Å². The molecule has 2 aromatic carbocycles. The zero-order valence-electron chi connectivity index (χ0n) is 19.6. The summed E-state index contributed by atoms with van der Waals surface area (Å²) in [5.74, 6) is -1.97. The Balaban J connectivity index is 1.42. The highest BCUT2D eigenvalue weighted by atomic mass is 35.5. The van der Waals surface area contributed by atoms with E-state index in [0.717, 1.165) is 25.2 Å². The molecule has 2 fully saturated rings. The maximum Gasteiger partial charge on any atom is 0.230 e. The summed E-state index contributed by atoms with van der Waals surface area (Å²) in [7, 11) is 4.10. The first-order valence-electron chi connectivity index (χ1n) is 11.7. The van der Waals surface area contributed by atoms with Crippen LogP contribution in [0, 0.1) is 17.6 Å².